The van der Waals surface area contributed by atoms with Gasteiger partial charge in [-0.05, 0) is 38.9 Å². The minimum atomic E-state index is -1.11. The number of pyridine rings is 1. The predicted octanol–water partition coefficient (Wildman–Crippen LogP) is 1.91. The highest BCUT2D eigenvalue weighted by atomic mass is 32.9. The topological polar surface area (TPSA) is 160 Å². The summed E-state index contributed by atoms with van der Waals surface area (Å²) in [5.41, 5.74) is 0.222. The molecule has 14 heteroatoms. The predicted molar refractivity (Wildman–Crippen MR) is 105 cm³/mol. The van der Waals surface area contributed by atoms with Crippen molar-refractivity contribution in [3.63, 3.8) is 0 Å². The van der Waals surface area contributed by atoms with Gasteiger partial charge in [0.05, 0.1) is 22.5 Å². The second-order valence-electron chi connectivity index (χ2n) is 5.38. The van der Waals surface area contributed by atoms with Crippen molar-refractivity contribution in [1.82, 2.24) is 9.55 Å². The summed E-state index contributed by atoms with van der Waals surface area (Å²) in [7, 11) is 1.52. The molecular formula is C16H10N4O8S2. The van der Waals surface area contributed by atoms with Gasteiger partial charge in [-0.3, -0.25) is 29.5 Å². The van der Waals surface area contributed by atoms with Crippen molar-refractivity contribution in [3.05, 3.63) is 71.7 Å². The third kappa shape index (κ3) is 4.73. The number of nitro groups is 1. The van der Waals surface area contributed by atoms with Gasteiger partial charge in [-0.1, -0.05) is 0 Å². The van der Waals surface area contributed by atoms with Crippen LogP contribution >= 0.6 is 20.7 Å². The van der Waals surface area contributed by atoms with E-state index in [1.54, 1.807) is 0 Å². The summed E-state index contributed by atoms with van der Waals surface area (Å²) in [6, 6.07) is 6.11. The van der Waals surface area contributed by atoms with Crippen molar-refractivity contribution < 1.29 is 24.0 Å². The van der Waals surface area contributed by atoms with E-state index in [0.717, 1.165) is 37.4 Å². The zero-order valence-electron chi connectivity index (χ0n) is 14.7. The third-order valence-corrected chi connectivity index (χ3v) is 5.39. The molecule has 0 radical (unpaired) electrons. The molecule has 2 aromatic heterocycles. The van der Waals surface area contributed by atoms with E-state index in [4.69, 9.17) is 9.47 Å². The average Bonchev–Trinajstić information content (AvgIpc) is 3.06. The molecule has 0 aliphatic heterocycles. The Labute approximate surface area is 173 Å². The lowest BCUT2D eigenvalue weighted by molar-refractivity contribution is -0.384. The summed E-state index contributed by atoms with van der Waals surface area (Å²) in [6.07, 6.45) is 0.472. The summed E-state index contributed by atoms with van der Waals surface area (Å²) in [5, 5.41) is 13.0. The van der Waals surface area contributed by atoms with Crippen molar-refractivity contribution in [1.29, 1.82) is 0 Å². The van der Waals surface area contributed by atoms with E-state index >= 15 is 0 Å². The smallest absolute Gasteiger partial charge is 0.427 e. The number of carbonyl (C=O) groups is 2. The average molecular weight is 450 g/mol. The van der Waals surface area contributed by atoms with Crippen LogP contribution in [0.4, 0.5) is 16.2 Å². The van der Waals surface area contributed by atoms with Gasteiger partial charge in [0.2, 0.25) is 6.41 Å². The van der Waals surface area contributed by atoms with Crippen molar-refractivity contribution in [2.24, 2.45) is 0 Å². The van der Waals surface area contributed by atoms with Gasteiger partial charge in [-0.25, -0.2) is 9.36 Å². The largest absolute Gasteiger partial charge is 0.514 e. The molecule has 3 aromatic rings. The molecule has 0 saturated carbocycles. The summed E-state index contributed by atoms with van der Waals surface area (Å²) in [5.74, 6) is 0.0289. The van der Waals surface area contributed by atoms with Crippen LogP contribution in [-0.2, 0) is 16.1 Å². The molecule has 0 unspecified atom stereocenters. The maximum absolute atomic E-state index is 11.8. The van der Waals surface area contributed by atoms with E-state index < -0.39 is 27.4 Å². The van der Waals surface area contributed by atoms with Crippen LogP contribution < -0.4 is 19.8 Å². The fraction of sp³-hybridized carbons (Fsp3) is 0.0625. The standard InChI is InChI=1S/C16H10N4O8S2/c21-8-18-12-5-10(19-14(22)29-30-15(19)23)6-17-13(12)7-27-16(24)28-11-3-1-9(2-4-11)20(25)26/h1-6,8H,7H2,(H,18,21). The van der Waals surface area contributed by atoms with E-state index in [1.807, 2.05) is 0 Å². The first-order valence-corrected chi connectivity index (χ1v) is 10.0. The molecule has 1 amide bonds. The molecule has 3 rings (SSSR count). The van der Waals surface area contributed by atoms with Gasteiger partial charge in [0.15, 0.2) is 0 Å². The quantitative estimate of drug-likeness (QED) is 0.142. The Morgan fingerprint density at radius 3 is 2.50 bits per heavy atom. The van der Waals surface area contributed by atoms with E-state index in [2.05, 4.69) is 10.3 Å². The highest BCUT2D eigenvalue weighted by Crippen LogP contribution is 2.20. The maximum Gasteiger partial charge on any atom is 0.514 e. The SMILES string of the molecule is O=CNc1cc(-n2c(=O)ssc2=O)cnc1COC(=O)Oc1ccc([N+](=O)[O-])cc1. The van der Waals surface area contributed by atoms with E-state index in [9.17, 15) is 29.3 Å². The molecule has 154 valence electrons. The minimum absolute atomic E-state index is 0.0289. The molecule has 0 aliphatic carbocycles. The van der Waals surface area contributed by atoms with Crippen molar-refractivity contribution in [2.75, 3.05) is 5.32 Å². The lowest BCUT2D eigenvalue weighted by Gasteiger charge is -2.10. The second kappa shape index (κ2) is 9.06. The lowest BCUT2D eigenvalue weighted by Crippen LogP contribution is -2.22. The summed E-state index contributed by atoms with van der Waals surface area (Å²) in [4.78, 5) is 59.3. The summed E-state index contributed by atoms with van der Waals surface area (Å²) < 4.78 is 10.7. The third-order valence-electron chi connectivity index (χ3n) is 3.55. The van der Waals surface area contributed by atoms with Crippen LogP contribution in [0.15, 0.2) is 46.1 Å². The maximum atomic E-state index is 11.8. The molecule has 2 heterocycles. The van der Waals surface area contributed by atoms with Gasteiger partial charge >= 0.3 is 15.9 Å². The zero-order valence-corrected chi connectivity index (χ0v) is 16.3. The van der Waals surface area contributed by atoms with Crippen LogP contribution in [0.1, 0.15) is 5.69 Å². The van der Waals surface area contributed by atoms with Crippen LogP contribution in [0.25, 0.3) is 5.69 Å². The number of hydrogen-bond acceptors (Lipinski definition) is 11. The zero-order chi connectivity index (χ0) is 21.7. The first-order valence-electron chi connectivity index (χ1n) is 7.90. The molecule has 0 fully saturated rings. The Bertz CT molecular complexity index is 1190. The number of ether oxygens (including phenoxy) is 2. The van der Waals surface area contributed by atoms with Crippen molar-refractivity contribution in [3.8, 4) is 11.4 Å². The highest BCUT2D eigenvalue weighted by Gasteiger charge is 2.14. The number of non-ortho nitro benzene ring substituents is 1. The second-order valence-corrected chi connectivity index (χ2v) is 7.41. The number of anilines is 1. The Hall–Kier alpha value is -3.91. The molecule has 0 atom stereocenters. The van der Waals surface area contributed by atoms with Gasteiger partial charge in [-0.15, -0.1) is 0 Å². The first kappa shape index (κ1) is 20.8. The van der Waals surface area contributed by atoms with Crippen LogP contribution in [0.2, 0.25) is 0 Å². The van der Waals surface area contributed by atoms with E-state index in [0.29, 0.717) is 6.41 Å². The molecular weight excluding hydrogens is 440 g/mol. The molecule has 1 N–H and O–H groups in total. The van der Waals surface area contributed by atoms with Gasteiger partial charge < -0.3 is 14.8 Å². The van der Waals surface area contributed by atoms with Gasteiger partial charge in [0.25, 0.3) is 5.69 Å². The van der Waals surface area contributed by atoms with Gasteiger partial charge in [0.1, 0.15) is 18.1 Å². The Morgan fingerprint density at radius 1 is 1.23 bits per heavy atom. The number of benzene rings is 1. The number of nitrogens with one attached hydrogen (secondary N) is 1. The van der Waals surface area contributed by atoms with Crippen LogP contribution in [-0.4, -0.2) is 27.0 Å². The number of aromatic nitrogens is 2. The molecule has 30 heavy (non-hydrogen) atoms. The van der Waals surface area contributed by atoms with Gasteiger partial charge in [0, 0.05) is 12.1 Å². The summed E-state index contributed by atoms with van der Waals surface area (Å²) >= 11 is 0. The number of nitrogens with zero attached hydrogens (tertiary/aromatic N) is 3. The fourth-order valence-corrected chi connectivity index (χ4v) is 3.83. The Kier molecular flexibility index (Phi) is 6.29. The first-order chi connectivity index (χ1) is 14.4. The Morgan fingerprint density at radius 2 is 1.90 bits per heavy atom. The molecule has 0 aliphatic rings. The molecule has 0 saturated heterocycles. The number of hydrogen-bond donors (Lipinski definition) is 1. The lowest BCUT2D eigenvalue weighted by atomic mass is 10.3. The monoisotopic (exact) mass is 450 g/mol. The van der Waals surface area contributed by atoms with Gasteiger partial charge in [-0.2, -0.15) is 0 Å². The van der Waals surface area contributed by atoms with Crippen LogP contribution in [0.5, 0.6) is 5.75 Å². The van der Waals surface area contributed by atoms with Crippen molar-refractivity contribution >= 4 is 44.6 Å². The minimum Gasteiger partial charge on any atom is -0.427 e. The van der Waals surface area contributed by atoms with Crippen molar-refractivity contribution in [2.45, 2.75) is 6.61 Å². The van der Waals surface area contributed by atoms with E-state index in [1.165, 1.54) is 24.4 Å². The number of rotatable bonds is 7. The van der Waals surface area contributed by atoms with Crippen LogP contribution in [0.3, 0.4) is 0 Å². The molecule has 0 bridgehead atoms. The molecule has 1 aromatic carbocycles. The number of amides is 1. The normalized spacial score (nSPS) is 10.3. The summed E-state index contributed by atoms with van der Waals surface area (Å²) in [6.45, 7) is -0.395. The Balaban J connectivity index is 1.71. The van der Waals surface area contributed by atoms with Crippen LogP contribution in [0, 0.1) is 10.1 Å². The fourth-order valence-electron chi connectivity index (χ4n) is 2.23. The highest BCUT2D eigenvalue weighted by molar-refractivity contribution is 7.67. The number of carbonyl (C=O) groups excluding carboxylic acids is 2. The molecule has 0 spiro atoms. The number of nitro benzene ring substituents is 1. The van der Waals surface area contributed by atoms with E-state index in [-0.39, 0.29) is 28.5 Å². The molecule has 12 nitrogen and oxygen atoms in total.